The molecule has 1 atom stereocenters. The molecule has 0 unspecified atom stereocenters. The molecule has 30 heavy (non-hydrogen) atoms. The van der Waals surface area contributed by atoms with E-state index in [9.17, 15) is 9.59 Å². The normalized spacial score (nSPS) is 15.5. The van der Waals surface area contributed by atoms with Gasteiger partial charge in [-0.25, -0.2) is 0 Å². The van der Waals surface area contributed by atoms with Gasteiger partial charge in [-0.3, -0.25) is 14.5 Å². The Kier molecular flexibility index (Phi) is 7.34. The number of amides is 2. The number of aryl methyl sites for hydroxylation is 1. The van der Waals surface area contributed by atoms with Crippen molar-refractivity contribution in [2.45, 2.75) is 19.9 Å². The van der Waals surface area contributed by atoms with Crippen LogP contribution in [0, 0.1) is 6.92 Å². The van der Waals surface area contributed by atoms with Crippen molar-refractivity contribution in [3.8, 4) is 0 Å². The number of carbonyl (C=O) groups excluding carboxylic acids is 2. The molecular formula is C23H29ClN4O2. The summed E-state index contributed by atoms with van der Waals surface area (Å²) in [4.78, 5) is 31.1. The SMILES string of the molecule is Cc1ccc(NC(=O)CN(C)C(=O)[C@H](C)N2CCN(c3cccc(Cl)c3)CC2)cc1. The lowest BCUT2D eigenvalue weighted by Gasteiger charge is -2.39. The summed E-state index contributed by atoms with van der Waals surface area (Å²) in [6, 6.07) is 15.2. The smallest absolute Gasteiger partial charge is 0.243 e. The summed E-state index contributed by atoms with van der Waals surface area (Å²) in [7, 11) is 1.68. The molecule has 160 valence electrons. The largest absolute Gasteiger partial charge is 0.369 e. The van der Waals surface area contributed by atoms with E-state index in [1.54, 1.807) is 7.05 Å². The number of nitrogens with zero attached hydrogens (tertiary/aromatic N) is 3. The second-order valence-corrected chi connectivity index (χ2v) is 8.22. The maximum atomic E-state index is 12.8. The van der Waals surface area contributed by atoms with Gasteiger partial charge in [-0.2, -0.15) is 0 Å². The minimum absolute atomic E-state index is 0.0273. The molecular weight excluding hydrogens is 400 g/mol. The Morgan fingerprint density at radius 2 is 1.77 bits per heavy atom. The van der Waals surface area contributed by atoms with Crippen molar-refractivity contribution in [3.05, 3.63) is 59.1 Å². The molecule has 2 aromatic rings. The highest BCUT2D eigenvalue weighted by Gasteiger charge is 2.28. The van der Waals surface area contributed by atoms with Gasteiger partial charge in [-0.05, 0) is 44.2 Å². The summed E-state index contributed by atoms with van der Waals surface area (Å²) in [5.74, 6) is -0.252. The van der Waals surface area contributed by atoms with E-state index < -0.39 is 0 Å². The molecule has 1 aliphatic rings. The monoisotopic (exact) mass is 428 g/mol. The zero-order valence-electron chi connectivity index (χ0n) is 17.8. The van der Waals surface area contributed by atoms with Crippen molar-refractivity contribution < 1.29 is 9.59 Å². The molecule has 0 radical (unpaired) electrons. The topological polar surface area (TPSA) is 55.9 Å². The highest BCUT2D eigenvalue weighted by Crippen LogP contribution is 2.21. The van der Waals surface area contributed by atoms with E-state index in [1.807, 2.05) is 56.3 Å². The van der Waals surface area contributed by atoms with Gasteiger partial charge in [-0.1, -0.05) is 35.4 Å². The highest BCUT2D eigenvalue weighted by atomic mass is 35.5. The number of nitrogens with one attached hydrogen (secondary N) is 1. The Bertz CT molecular complexity index is 879. The molecule has 0 aliphatic carbocycles. The van der Waals surface area contributed by atoms with E-state index in [0.717, 1.165) is 48.1 Å². The van der Waals surface area contributed by atoms with Gasteiger partial charge in [0.1, 0.15) is 0 Å². The van der Waals surface area contributed by atoms with Crippen LogP contribution in [-0.2, 0) is 9.59 Å². The number of rotatable bonds is 6. The van der Waals surface area contributed by atoms with Crippen LogP contribution in [0.5, 0.6) is 0 Å². The fourth-order valence-electron chi connectivity index (χ4n) is 3.65. The number of anilines is 2. The molecule has 0 saturated carbocycles. The lowest BCUT2D eigenvalue weighted by atomic mass is 10.2. The molecule has 6 nitrogen and oxygen atoms in total. The van der Waals surface area contributed by atoms with Gasteiger partial charge in [-0.15, -0.1) is 0 Å². The lowest BCUT2D eigenvalue weighted by Crippen LogP contribution is -2.54. The Morgan fingerprint density at radius 3 is 2.40 bits per heavy atom. The van der Waals surface area contributed by atoms with Gasteiger partial charge in [0.2, 0.25) is 11.8 Å². The Hall–Kier alpha value is -2.57. The third-order valence-electron chi connectivity index (χ3n) is 5.49. The second kappa shape index (κ2) is 9.96. The van der Waals surface area contributed by atoms with E-state index in [4.69, 9.17) is 11.6 Å². The summed E-state index contributed by atoms with van der Waals surface area (Å²) in [5.41, 5.74) is 2.97. The Morgan fingerprint density at radius 1 is 1.10 bits per heavy atom. The zero-order chi connectivity index (χ0) is 21.7. The first-order valence-electron chi connectivity index (χ1n) is 10.2. The molecule has 0 aromatic heterocycles. The van der Waals surface area contributed by atoms with Crippen LogP contribution >= 0.6 is 11.6 Å². The number of carbonyl (C=O) groups is 2. The van der Waals surface area contributed by atoms with E-state index in [2.05, 4.69) is 21.2 Å². The average Bonchev–Trinajstić information content (AvgIpc) is 2.74. The van der Waals surface area contributed by atoms with Gasteiger partial charge in [0.15, 0.2) is 0 Å². The number of hydrogen-bond donors (Lipinski definition) is 1. The number of likely N-dealkylation sites (N-methyl/N-ethyl adjacent to an activating group) is 1. The van der Waals surface area contributed by atoms with Crippen LogP contribution in [-0.4, -0.2) is 67.4 Å². The Balaban J connectivity index is 1.48. The molecule has 3 rings (SSSR count). The number of benzene rings is 2. The van der Waals surface area contributed by atoms with E-state index >= 15 is 0 Å². The van der Waals surface area contributed by atoms with Crippen molar-refractivity contribution in [1.82, 2.24) is 9.80 Å². The van der Waals surface area contributed by atoms with Gasteiger partial charge in [0.05, 0.1) is 12.6 Å². The molecule has 0 bridgehead atoms. The summed E-state index contributed by atoms with van der Waals surface area (Å²) >= 11 is 6.10. The summed E-state index contributed by atoms with van der Waals surface area (Å²) < 4.78 is 0. The Labute approximate surface area is 183 Å². The molecule has 2 aromatic carbocycles. The first-order valence-corrected chi connectivity index (χ1v) is 10.6. The number of piperazine rings is 1. The molecule has 2 amide bonds. The van der Waals surface area contributed by atoms with E-state index in [0.29, 0.717) is 0 Å². The van der Waals surface area contributed by atoms with Crippen LogP contribution in [0.25, 0.3) is 0 Å². The zero-order valence-corrected chi connectivity index (χ0v) is 18.5. The maximum Gasteiger partial charge on any atom is 0.243 e. The third-order valence-corrected chi connectivity index (χ3v) is 5.72. The predicted octanol–water partition coefficient (Wildman–Crippen LogP) is 3.26. The van der Waals surface area contributed by atoms with Crippen molar-refractivity contribution in [1.29, 1.82) is 0 Å². The lowest BCUT2D eigenvalue weighted by molar-refractivity contribution is -0.137. The first kappa shape index (κ1) is 22.1. The number of halogens is 1. The molecule has 0 spiro atoms. The van der Waals surface area contributed by atoms with Crippen LogP contribution in [0.3, 0.4) is 0 Å². The van der Waals surface area contributed by atoms with Crippen molar-refractivity contribution >= 4 is 34.8 Å². The van der Waals surface area contributed by atoms with Crippen molar-refractivity contribution in [2.24, 2.45) is 0 Å². The molecule has 1 fully saturated rings. The fraction of sp³-hybridized carbons (Fsp3) is 0.391. The third kappa shape index (κ3) is 5.74. The second-order valence-electron chi connectivity index (χ2n) is 7.79. The molecule has 1 N–H and O–H groups in total. The van der Waals surface area contributed by atoms with Crippen LogP contribution in [0.1, 0.15) is 12.5 Å². The predicted molar refractivity (Wildman–Crippen MR) is 122 cm³/mol. The number of hydrogen-bond acceptors (Lipinski definition) is 4. The maximum absolute atomic E-state index is 12.8. The van der Waals surface area contributed by atoms with Gasteiger partial charge < -0.3 is 15.1 Å². The molecule has 1 aliphatic heterocycles. The van der Waals surface area contributed by atoms with Crippen LogP contribution in [0.4, 0.5) is 11.4 Å². The minimum Gasteiger partial charge on any atom is -0.369 e. The highest BCUT2D eigenvalue weighted by molar-refractivity contribution is 6.30. The van der Waals surface area contributed by atoms with Gasteiger partial charge >= 0.3 is 0 Å². The molecule has 7 heteroatoms. The molecule has 1 saturated heterocycles. The average molecular weight is 429 g/mol. The van der Waals surface area contributed by atoms with Crippen LogP contribution in [0.15, 0.2) is 48.5 Å². The van der Waals surface area contributed by atoms with Crippen molar-refractivity contribution in [2.75, 3.05) is 50.0 Å². The minimum atomic E-state index is -0.274. The fourth-order valence-corrected chi connectivity index (χ4v) is 3.83. The van der Waals surface area contributed by atoms with Crippen LogP contribution in [0.2, 0.25) is 5.02 Å². The quantitative estimate of drug-likeness (QED) is 0.767. The summed E-state index contributed by atoms with van der Waals surface area (Å²) in [5, 5.41) is 3.56. The standard InChI is InChI=1S/C23H29ClN4O2/c1-17-7-9-20(10-8-17)25-22(29)16-26(3)23(30)18(2)27-11-13-28(14-12-27)21-6-4-5-19(24)15-21/h4-10,15,18H,11-14,16H2,1-3H3,(H,25,29)/t18-/m0/s1. The van der Waals surface area contributed by atoms with Crippen molar-refractivity contribution in [3.63, 3.8) is 0 Å². The first-order chi connectivity index (χ1) is 14.3. The summed E-state index contributed by atoms with van der Waals surface area (Å²) in [6.45, 7) is 7.15. The van der Waals surface area contributed by atoms with Gasteiger partial charge in [0, 0.05) is 49.6 Å². The van der Waals surface area contributed by atoms with Gasteiger partial charge in [0.25, 0.3) is 0 Å². The van der Waals surface area contributed by atoms with E-state index in [1.165, 1.54) is 4.90 Å². The molecule has 1 heterocycles. The van der Waals surface area contributed by atoms with E-state index in [-0.39, 0.29) is 24.4 Å². The summed E-state index contributed by atoms with van der Waals surface area (Å²) in [6.07, 6.45) is 0. The van der Waals surface area contributed by atoms with Crippen LogP contribution < -0.4 is 10.2 Å².